The van der Waals surface area contributed by atoms with Crippen LogP contribution in [0.5, 0.6) is 0 Å². The van der Waals surface area contributed by atoms with Crippen molar-refractivity contribution >= 4 is 33.6 Å². The number of thioether (sulfide) groups is 1. The third-order valence-electron chi connectivity index (χ3n) is 2.72. The number of amides is 1. The molecule has 1 amide bonds. The summed E-state index contributed by atoms with van der Waals surface area (Å²) >= 11 is 4.84. The number of nitrogens with one attached hydrogen (secondary N) is 1. The lowest BCUT2D eigenvalue weighted by Crippen LogP contribution is -2.29. The molecule has 0 aromatic carbocycles. The Morgan fingerprint density at radius 3 is 2.71 bits per heavy atom. The summed E-state index contributed by atoms with van der Waals surface area (Å²) in [6, 6.07) is 0. The zero-order valence-electron chi connectivity index (χ0n) is 10.9. The molecule has 100 valence electrons. The van der Waals surface area contributed by atoms with E-state index >= 15 is 0 Å². The fourth-order valence-corrected chi connectivity index (χ4v) is 2.54. The second kappa shape index (κ2) is 11.1. The molecule has 0 aliphatic carbocycles. The van der Waals surface area contributed by atoms with Crippen molar-refractivity contribution in [2.45, 2.75) is 46.0 Å². The zero-order chi connectivity index (χ0) is 13.1. The van der Waals surface area contributed by atoms with Crippen LogP contribution in [-0.2, 0) is 4.79 Å². The van der Waals surface area contributed by atoms with Crippen LogP contribution in [0.4, 0.5) is 0 Å². The highest BCUT2D eigenvalue weighted by Gasteiger charge is 2.08. The van der Waals surface area contributed by atoms with Crippen LogP contribution in [0.15, 0.2) is 10.4 Å². The molecule has 0 aromatic heterocycles. The second-order valence-electron chi connectivity index (χ2n) is 4.17. The molecule has 17 heavy (non-hydrogen) atoms. The predicted molar refractivity (Wildman–Crippen MR) is 81.5 cm³/mol. The van der Waals surface area contributed by atoms with Gasteiger partial charge in [0.15, 0.2) is 0 Å². The number of carbonyl (C=O) groups is 1. The van der Waals surface area contributed by atoms with E-state index in [4.69, 9.17) is 0 Å². The summed E-state index contributed by atoms with van der Waals surface area (Å²) in [5.74, 6) is 1.58. The molecule has 4 heteroatoms. The standard InChI is InChI=1S/C13H24BrNOS/c1-4-6-7-12(5-2)10-15-13(16)8-9-17-11(3)14/h12H,3-10H2,1-2H3,(H,15,16). The van der Waals surface area contributed by atoms with Gasteiger partial charge < -0.3 is 5.32 Å². The molecule has 0 fully saturated rings. The Kier molecular flexibility index (Phi) is 11.2. The zero-order valence-corrected chi connectivity index (χ0v) is 13.3. The van der Waals surface area contributed by atoms with Crippen molar-refractivity contribution in [2.24, 2.45) is 5.92 Å². The first-order chi connectivity index (χ1) is 8.10. The van der Waals surface area contributed by atoms with Crippen molar-refractivity contribution < 1.29 is 4.79 Å². The molecule has 0 saturated carbocycles. The van der Waals surface area contributed by atoms with Gasteiger partial charge in [-0.15, -0.1) is 11.8 Å². The molecule has 0 aliphatic heterocycles. The maximum atomic E-state index is 11.5. The van der Waals surface area contributed by atoms with Gasteiger partial charge in [0, 0.05) is 22.5 Å². The third-order valence-corrected chi connectivity index (χ3v) is 4.13. The molecule has 0 bridgehead atoms. The van der Waals surface area contributed by atoms with Crippen LogP contribution in [0.2, 0.25) is 0 Å². The number of carbonyl (C=O) groups excluding carboxylic acids is 1. The number of hydrogen-bond donors (Lipinski definition) is 1. The summed E-state index contributed by atoms with van der Waals surface area (Å²) in [7, 11) is 0. The smallest absolute Gasteiger partial charge is 0.220 e. The Morgan fingerprint density at radius 2 is 2.18 bits per heavy atom. The number of rotatable bonds is 10. The molecule has 0 radical (unpaired) electrons. The fraction of sp³-hybridized carbons (Fsp3) is 0.769. The molecule has 0 aliphatic rings. The highest BCUT2D eigenvalue weighted by atomic mass is 79.9. The molecule has 0 aromatic rings. The van der Waals surface area contributed by atoms with Gasteiger partial charge in [0.2, 0.25) is 5.91 Å². The van der Waals surface area contributed by atoms with Crippen molar-refractivity contribution in [3.63, 3.8) is 0 Å². The molecule has 1 N–H and O–H groups in total. The average Bonchev–Trinajstić information content (AvgIpc) is 2.29. The Balaban J connectivity index is 3.62. The fourth-order valence-electron chi connectivity index (χ4n) is 1.54. The van der Waals surface area contributed by atoms with Crippen molar-refractivity contribution in [3.8, 4) is 0 Å². The largest absolute Gasteiger partial charge is 0.356 e. The number of halogens is 1. The summed E-state index contributed by atoms with van der Waals surface area (Å²) < 4.78 is 0.889. The monoisotopic (exact) mass is 321 g/mol. The van der Waals surface area contributed by atoms with Gasteiger partial charge in [0.05, 0.1) is 0 Å². The topological polar surface area (TPSA) is 29.1 Å². The summed E-state index contributed by atoms with van der Waals surface area (Å²) in [6.07, 6.45) is 5.43. The van der Waals surface area contributed by atoms with Gasteiger partial charge in [-0.3, -0.25) is 4.79 Å². The van der Waals surface area contributed by atoms with Crippen molar-refractivity contribution in [1.82, 2.24) is 5.32 Å². The minimum atomic E-state index is 0.154. The number of unbranched alkanes of at least 4 members (excludes halogenated alkanes) is 1. The minimum Gasteiger partial charge on any atom is -0.356 e. The summed E-state index contributed by atoms with van der Waals surface area (Å²) in [5.41, 5.74) is 0. The van der Waals surface area contributed by atoms with Gasteiger partial charge in [-0.2, -0.15) is 0 Å². The first-order valence-electron chi connectivity index (χ1n) is 6.34. The van der Waals surface area contributed by atoms with Crippen LogP contribution in [0, 0.1) is 5.92 Å². The Morgan fingerprint density at radius 1 is 1.47 bits per heavy atom. The van der Waals surface area contributed by atoms with Crippen LogP contribution in [0.1, 0.15) is 46.0 Å². The lowest BCUT2D eigenvalue weighted by atomic mass is 9.99. The third kappa shape index (κ3) is 10.9. The number of hydrogen-bond acceptors (Lipinski definition) is 2. The van der Waals surface area contributed by atoms with E-state index in [-0.39, 0.29) is 5.91 Å². The van der Waals surface area contributed by atoms with Crippen molar-refractivity contribution in [2.75, 3.05) is 12.3 Å². The molecule has 0 rings (SSSR count). The van der Waals surface area contributed by atoms with Gasteiger partial charge >= 0.3 is 0 Å². The van der Waals surface area contributed by atoms with Gasteiger partial charge in [-0.25, -0.2) is 0 Å². The van der Waals surface area contributed by atoms with E-state index in [1.54, 1.807) is 11.8 Å². The quantitative estimate of drug-likeness (QED) is 0.649. The molecule has 0 saturated heterocycles. The average molecular weight is 322 g/mol. The van der Waals surface area contributed by atoms with Crippen LogP contribution in [-0.4, -0.2) is 18.2 Å². The lowest BCUT2D eigenvalue weighted by Gasteiger charge is -2.15. The van der Waals surface area contributed by atoms with Gasteiger partial charge in [-0.05, 0) is 28.3 Å². The van der Waals surface area contributed by atoms with Gasteiger partial charge in [0.25, 0.3) is 0 Å². The summed E-state index contributed by atoms with van der Waals surface area (Å²) in [6.45, 7) is 8.95. The van der Waals surface area contributed by atoms with Crippen molar-refractivity contribution in [1.29, 1.82) is 0 Å². The molecule has 1 atom stereocenters. The van der Waals surface area contributed by atoms with Crippen LogP contribution < -0.4 is 5.32 Å². The first-order valence-corrected chi connectivity index (χ1v) is 8.11. The first kappa shape index (κ1) is 17.0. The van der Waals surface area contributed by atoms with Gasteiger partial charge in [0.1, 0.15) is 0 Å². The Labute approximate surface area is 118 Å². The van der Waals surface area contributed by atoms with Crippen LogP contribution >= 0.6 is 27.7 Å². The van der Waals surface area contributed by atoms with Gasteiger partial charge in [-0.1, -0.05) is 39.7 Å². The highest BCUT2D eigenvalue weighted by molar-refractivity contribution is 9.14. The normalized spacial score (nSPS) is 12.2. The maximum absolute atomic E-state index is 11.5. The van der Waals surface area contributed by atoms with E-state index in [9.17, 15) is 4.79 Å². The van der Waals surface area contributed by atoms with E-state index in [0.717, 1.165) is 22.5 Å². The second-order valence-corrected chi connectivity index (χ2v) is 6.85. The molecule has 0 heterocycles. The predicted octanol–water partition coefficient (Wildman–Crippen LogP) is 4.31. The van der Waals surface area contributed by atoms with Crippen LogP contribution in [0.3, 0.4) is 0 Å². The van der Waals surface area contributed by atoms with Crippen molar-refractivity contribution in [3.05, 3.63) is 10.4 Å². The Hall–Kier alpha value is 0.0400. The highest BCUT2D eigenvalue weighted by Crippen LogP contribution is 2.19. The van der Waals surface area contributed by atoms with E-state index in [1.807, 2.05) is 0 Å². The van der Waals surface area contributed by atoms with E-state index in [1.165, 1.54) is 19.3 Å². The van der Waals surface area contributed by atoms with E-state index < -0.39 is 0 Å². The summed E-state index contributed by atoms with van der Waals surface area (Å²) in [5, 5.41) is 3.02. The van der Waals surface area contributed by atoms with Crippen LogP contribution in [0.25, 0.3) is 0 Å². The SMILES string of the molecule is C=C(Br)SCCC(=O)NCC(CC)CCCC. The van der Waals surface area contributed by atoms with E-state index in [2.05, 4.69) is 41.7 Å². The molecule has 2 nitrogen and oxygen atoms in total. The maximum Gasteiger partial charge on any atom is 0.220 e. The van der Waals surface area contributed by atoms with E-state index in [0.29, 0.717) is 12.3 Å². The molecular formula is C13H24BrNOS. The molecule has 0 spiro atoms. The lowest BCUT2D eigenvalue weighted by molar-refractivity contribution is -0.120. The molecular weight excluding hydrogens is 298 g/mol. The Bertz CT molecular complexity index is 233. The summed E-state index contributed by atoms with van der Waals surface area (Å²) in [4.78, 5) is 11.5. The minimum absolute atomic E-state index is 0.154. The molecule has 1 unspecified atom stereocenters.